The number of nitrogens with zero attached hydrogens (tertiary/aromatic N) is 1. The highest BCUT2D eigenvalue weighted by molar-refractivity contribution is 5.81. The zero-order valence-corrected chi connectivity index (χ0v) is 12.2. The van der Waals surface area contributed by atoms with E-state index < -0.39 is 0 Å². The third-order valence-electron chi connectivity index (χ3n) is 3.89. The minimum atomic E-state index is -0.0991. The maximum absolute atomic E-state index is 12.2. The second-order valence-corrected chi connectivity index (χ2v) is 5.56. The average Bonchev–Trinajstić information content (AvgIpc) is 2.92. The van der Waals surface area contributed by atoms with Gasteiger partial charge in [-0.1, -0.05) is 23.8 Å². The number of hydrogen-bond acceptors (Lipinski definition) is 2. The first-order valence-corrected chi connectivity index (χ1v) is 7.16. The molecule has 1 heterocycles. The summed E-state index contributed by atoms with van der Waals surface area (Å²) in [6.45, 7) is 8.79. The highest BCUT2D eigenvalue weighted by atomic mass is 16.2. The topological polar surface area (TPSA) is 32.3 Å². The van der Waals surface area contributed by atoms with Gasteiger partial charge in [0, 0.05) is 19.6 Å². The van der Waals surface area contributed by atoms with Crippen LogP contribution in [-0.2, 0) is 11.3 Å². The van der Waals surface area contributed by atoms with Gasteiger partial charge >= 0.3 is 0 Å². The van der Waals surface area contributed by atoms with Crippen molar-refractivity contribution in [2.45, 2.75) is 46.2 Å². The zero-order chi connectivity index (χ0) is 13.8. The molecule has 2 rings (SSSR count). The summed E-state index contributed by atoms with van der Waals surface area (Å²) in [6.07, 6.45) is 2.30. The lowest BCUT2D eigenvalue weighted by atomic mass is 10.1. The van der Waals surface area contributed by atoms with Crippen LogP contribution in [0.5, 0.6) is 0 Å². The van der Waals surface area contributed by atoms with Crippen LogP contribution in [0.25, 0.3) is 0 Å². The van der Waals surface area contributed by atoms with E-state index in [1.807, 2.05) is 11.8 Å². The van der Waals surface area contributed by atoms with Crippen molar-refractivity contribution in [3.8, 4) is 0 Å². The molecule has 1 N–H and O–H groups in total. The number of likely N-dealkylation sites (tertiary alicyclic amines) is 1. The van der Waals surface area contributed by atoms with Gasteiger partial charge in [0.05, 0.1) is 6.04 Å². The van der Waals surface area contributed by atoms with E-state index in [1.54, 1.807) is 0 Å². The Morgan fingerprint density at radius 1 is 1.32 bits per heavy atom. The van der Waals surface area contributed by atoms with E-state index >= 15 is 0 Å². The van der Waals surface area contributed by atoms with Crippen LogP contribution >= 0.6 is 0 Å². The molecule has 1 aliphatic rings. The van der Waals surface area contributed by atoms with Crippen molar-refractivity contribution >= 4 is 5.91 Å². The summed E-state index contributed by atoms with van der Waals surface area (Å²) in [5.74, 6) is 0.239. The zero-order valence-electron chi connectivity index (χ0n) is 12.2. The second kappa shape index (κ2) is 6.20. The van der Waals surface area contributed by atoms with Gasteiger partial charge in [-0.25, -0.2) is 0 Å². The Balaban J connectivity index is 1.90. The fraction of sp³-hybridized carbons (Fsp3) is 0.562. The number of amides is 1. The third-order valence-corrected chi connectivity index (χ3v) is 3.89. The van der Waals surface area contributed by atoms with Crippen molar-refractivity contribution in [3.63, 3.8) is 0 Å². The van der Waals surface area contributed by atoms with Gasteiger partial charge in [0.25, 0.3) is 0 Å². The van der Waals surface area contributed by atoms with E-state index in [0.717, 1.165) is 32.5 Å². The lowest BCUT2D eigenvalue weighted by molar-refractivity contribution is -0.131. The van der Waals surface area contributed by atoms with E-state index in [0.29, 0.717) is 0 Å². The lowest BCUT2D eigenvalue weighted by Crippen LogP contribution is -2.43. The smallest absolute Gasteiger partial charge is 0.239 e. The van der Waals surface area contributed by atoms with Crippen LogP contribution in [0.3, 0.4) is 0 Å². The fourth-order valence-electron chi connectivity index (χ4n) is 2.55. The molecule has 1 aliphatic heterocycles. The van der Waals surface area contributed by atoms with Gasteiger partial charge in [0.15, 0.2) is 0 Å². The Bertz CT molecular complexity index is 450. The molecule has 1 aromatic rings. The van der Waals surface area contributed by atoms with Crippen molar-refractivity contribution in [2.24, 2.45) is 0 Å². The quantitative estimate of drug-likeness (QED) is 0.901. The molecule has 1 atom stereocenters. The van der Waals surface area contributed by atoms with E-state index in [1.165, 1.54) is 16.7 Å². The molecule has 1 aromatic carbocycles. The molecule has 104 valence electrons. The van der Waals surface area contributed by atoms with Gasteiger partial charge in [-0.2, -0.15) is 0 Å². The average molecular weight is 260 g/mol. The minimum absolute atomic E-state index is 0.0991. The molecule has 3 heteroatoms. The Kier molecular flexibility index (Phi) is 4.59. The third kappa shape index (κ3) is 3.57. The van der Waals surface area contributed by atoms with Crippen molar-refractivity contribution in [3.05, 3.63) is 34.9 Å². The molecule has 1 saturated heterocycles. The second-order valence-electron chi connectivity index (χ2n) is 5.56. The number of carbonyl (C=O) groups is 1. The SMILES string of the molecule is Cc1ccc(C)c(CNC(C)C(=O)N2CCCC2)c1. The van der Waals surface area contributed by atoms with Crippen molar-refractivity contribution in [2.75, 3.05) is 13.1 Å². The summed E-state index contributed by atoms with van der Waals surface area (Å²) in [6, 6.07) is 6.35. The van der Waals surface area contributed by atoms with Gasteiger partial charge < -0.3 is 10.2 Å². The summed E-state index contributed by atoms with van der Waals surface area (Å²) >= 11 is 0. The molecule has 1 unspecified atom stereocenters. The molecule has 3 nitrogen and oxygen atoms in total. The Hall–Kier alpha value is -1.35. The van der Waals surface area contributed by atoms with E-state index in [9.17, 15) is 4.79 Å². The molecule has 0 radical (unpaired) electrons. The van der Waals surface area contributed by atoms with Crippen molar-refractivity contribution < 1.29 is 4.79 Å². The number of aryl methyl sites for hydroxylation is 2. The molecule has 1 amide bonds. The Morgan fingerprint density at radius 2 is 2.00 bits per heavy atom. The number of hydrogen-bond donors (Lipinski definition) is 1. The predicted molar refractivity (Wildman–Crippen MR) is 78.0 cm³/mol. The standard InChI is InChI=1S/C16H24N2O/c1-12-6-7-13(2)15(10-12)11-17-14(3)16(19)18-8-4-5-9-18/h6-7,10,14,17H,4-5,8-9,11H2,1-3H3. The molecule has 0 aliphatic carbocycles. The molecule has 0 saturated carbocycles. The first-order valence-electron chi connectivity index (χ1n) is 7.16. The Labute approximate surface area is 116 Å². The summed E-state index contributed by atoms with van der Waals surface area (Å²) in [5, 5.41) is 3.35. The van der Waals surface area contributed by atoms with Gasteiger partial charge in [-0.05, 0) is 44.7 Å². The van der Waals surface area contributed by atoms with Crippen molar-refractivity contribution in [1.82, 2.24) is 10.2 Å². The maximum Gasteiger partial charge on any atom is 0.239 e. The maximum atomic E-state index is 12.2. The van der Waals surface area contributed by atoms with Crippen LogP contribution < -0.4 is 5.32 Å². The summed E-state index contributed by atoms with van der Waals surface area (Å²) in [7, 11) is 0. The van der Waals surface area contributed by atoms with Crippen LogP contribution in [0, 0.1) is 13.8 Å². The van der Waals surface area contributed by atoms with Gasteiger partial charge in [-0.3, -0.25) is 4.79 Å². The van der Waals surface area contributed by atoms with Gasteiger partial charge in [0.1, 0.15) is 0 Å². The molecule has 0 aromatic heterocycles. The highest BCUT2D eigenvalue weighted by Gasteiger charge is 2.22. The van der Waals surface area contributed by atoms with E-state index in [-0.39, 0.29) is 11.9 Å². The van der Waals surface area contributed by atoms with Crippen LogP contribution in [-0.4, -0.2) is 29.9 Å². The highest BCUT2D eigenvalue weighted by Crippen LogP contribution is 2.12. The van der Waals surface area contributed by atoms with Crippen LogP contribution in [0.2, 0.25) is 0 Å². The van der Waals surface area contributed by atoms with E-state index in [2.05, 4.69) is 37.4 Å². The number of carbonyl (C=O) groups excluding carboxylic acids is 1. The molecule has 19 heavy (non-hydrogen) atoms. The number of rotatable bonds is 4. The first-order chi connectivity index (χ1) is 9.08. The van der Waals surface area contributed by atoms with Crippen LogP contribution in [0.1, 0.15) is 36.5 Å². The van der Waals surface area contributed by atoms with Crippen LogP contribution in [0.4, 0.5) is 0 Å². The molecular formula is C16H24N2O. The van der Waals surface area contributed by atoms with Gasteiger partial charge in [-0.15, -0.1) is 0 Å². The molecule has 0 spiro atoms. The van der Waals surface area contributed by atoms with Crippen molar-refractivity contribution in [1.29, 1.82) is 0 Å². The molecule has 0 bridgehead atoms. The summed E-state index contributed by atoms with van der Waals surface area (Å²) < 4.78 is 0. The molecule has 1 fully saturated rings. The lowest BCUT2D eigenvalue weighted by Gasteiger charge is -2.21. The number of benzene rings is 1. The van der Waals surface area contributed by atoms with E-state index in [4.69, 9.17) is 0 Å². The van der Waals surface area contributed by atoms with Gasteiger partial charge in [0.2, 0.25) is 5.91 Å². The monoisotopic (exact) mass is 260 g/mol. The fourth-order valence-corrected chi connectivity index (χ4v) is 2.55. The Morgan fingerprint density at radius 3 is 2.68 bits per heavy atom. The summed E-state index contributed by atoms with van der Waals surface area (Å²) in [5.41, 5.74) is 3.82. The largest absolute Gasteiger partial charge is 0.341 e. The summed E-state index contributed by atoms with van der Waals surface area (Å²) in [4.78, 5) is 14.2. The minimum Gasteiger partial charge on any atom is -0.341 e. The predicted octanol–water partition coefficient (Wildman–Crippen LogP) is 2.40. The van der Waals surface area contributed by atoms with Crippen LogP contribution in [0.15, 0.2) is 18.2 Å². The first kappa shape index (κ1) is 14.1. The number of nitrogens with one attached hydrogen (secondary N) is 1. The normalized spacial score (nSPS) is 16.7. The molecular weight excluding hydrogens is 236 g/mol.